The molecule has 288 valence electrons. The zero-order valence-electron chi connectivity index (χ0n) is 31.3. The van der Waals surface area contributed by atoms with Gasteiger partial charge in [-0.3, -0.25) is 4.79 Å². The van der Waals surface area contributed by atoms with E-state index in [1.165, 1.54) is 19.4 Å². The Kier molecular flexibility index (Phi) is 12.5. The van der Waals surface area contributed by atoms with Gasteiger partial charge in [0.25, 0.3) is 0 Å². The van der Waals surface area contributed by atoms with Crippen molar-refractivity contribution < 1.29 is 47.6 Å². The van der Waals surface area contributed by atoms with Gasteiger partial charge in [-0.15, -0.1) is 0 Å². The predicted molar refractivity (Wildman–Crippen MR) is 207 cm³/mol. The monoisotopic (exact) mass is 757 g/mol. The molecule has 11 nitrogen and oxygen atoms in total. The van der Waals surface area contributed by atoms with E-state index in [9.17, 15) is 19.2 Å². The summed E-state index contributed by atoms with van der Waals surface area (Å²) >= 11 is 0. The van der Waals surface area contributed by atoms with E-state index < -0.39 is 60.7 Å². The molecule has 0 unspecified atom stereocenters. The normalized spacial score (nSPS) is 20.3. The highest BCUT2D eigenvalue weighted by molar-refractivity contribution is 5.91. The summed E-state index contributed by atoms with van der Waals surface area (Å²) in [5.74, 6) is -2.76. The van der Waals surface area contributed by atoms with Crippen molar-refractivity contribution in [1.29, 1.82) is 0 Å². The van der Waals surface area contributed by atoms with Crippen molar-refractivity contribution in [3.8, 4) is 5.75 Å². The van der Waals surface area contributed by atoms with Crippen LogP contribution in [0.4, 0.5) is 5.69 Å². The van der Waals surface area contributed by atoms with E-state index in [1.807, 2.05) is 18.2 Å². The molecule has 6 rings (SSSR count). The van der Waals surface area contributed by atoms with Crippen molar-refractivity contribution in [2.75, 3.05) is 12.3 Å². The van der Waals surface area contributed by atoms with E-state index in [0.29, 0.717) is 17.9 Å². The third-order valence-corrected chi connectivity index (χ3v) is 9.46. The summed E-state index contributed by atoms with van der Waals surface area (Å²) in [5.41, 5.74) is 8.29. The van der Waals surface area contributed by atoms with Crippen LogP contribution < -0.4 is 10.5 Å². The van der Waals surface area contributed by atoms with Crippen molar-refractivity contribution >= 4 is 29.6 Å². The fourth-order valence-corrected chi connectivity index (χ4v) is 6.46. The van der Waals surface area contributed by atoms with Crippen LogP contribution in [0.15, 0.2) is 133 Å². The van der Waals surface area contributed by atoms with Crippen LogP contribution >= 0.6 is 0 Å². The van der Waals surface area contributed by atoms with Gasteiger partial charge < -0.3 is 34.2 Å². The molecule has 1 aliphatic rings. The lowest BCUT2D eigenvalue weighted by atomic mass is 9.85. The third-order valence-electron chi connectivity index (χ3n) is 9.46. The molecule has 0 bridgehead atoms. The van der Waals surface area contributed by atoms with Gasteiger partial charge in [0.05, 0.1) is 16.7 Å². The zero-order valence-corrected chi connectivity index (χ0v) is 31.3. The Bertz CT molecular complexity index is 2130. The Morgan fingerprint density at radius 1 is 0.696 bits per heavy atom. The number of nitrogen functional groups attached to an aromatic ring is 1. The van der Waals surface area contributed by atoms with Crippen molar-refractivity contribution in [2.45, 2.75) is 63.8 Å². The Morgan fingerprint density at radius 3 is 1.79 bits per heavy atom. The molecule has 0 radical (unpaired) electrons. The van der Waals surface area contributed by atoms with Crippen molar-refractivity contribution in [3.63, 3.8) is 0 Å². The van der Waals surface area contributed by atoms with Crippen LogP contribution in [0.5, 0.6) is 5.75 Å². The van der Waals surface area contributed by atoms with Crippen LogP contribution in [-0.2, 0) is 41.3 Å². The maximum atomic E-state index is 13.9. The van der Waals surface area contributed by atoms with Crippen LogP contribution in [0, 0.1) is 0 Å². The molecule has 2 N–H and O–H groups in total. The maximum absolute atomic E-state index is 13.9. The maximum Gasteiger partial charge on any atom is 0.338 e. The van der Waals surface area contributed by atoms with E-state index >= 15 is 0 Å². The molecule has 0 saturated carbocycles. The summed E-state index contributed by atoms with van der Waals surface area (Å²) in [6.07, 6.45) is -4.64. The molecule has 1 heterocycles. The molecule has 5 aromatic carbocycles. The van der Waals surface area contributed by atoms with Gasteiger partial charge in [-0.25, -0.2) is 14.4 Å². The Morgan fingerprint density at radius 2 is 1.23 bits per heavy atom. The van der Waals surface area contributed by atoms with Gasteiger partial charge in [-0.1, -0.05) is 91.9 Å². The standard InChI is InChI=1S/C45H43NO10/c1-4-30-20-22-31(23-21-30)26-35-24-25-36(46)27-37(35)52-44-39(54-42(49)33-16-10-6-11-17-33)40(55-43(50)34-18-12-7-13-19-34)45(3,56-29(2)47)38(53-44)28-51-41(48)32-14-8-5-9-15-32/h5-25,27,38-40,44H,4,26,28,46H2,1-3H3/t38-,39-,40-,44+,45-/m1/s1. The van der Waals surface area contributed by atoms with Crippen LogP contribution in [0.2, 0.25) is 0 Å². The number of anilines is 1. The molecule has 1 aliphatic heterocycles. The number of hydrogen-bond acceptors (Lipinski definition) is 11. The fourth-order valence-electron chi connectivity index (χ4n) is 6.46. The molecule has 5 atom stereocenters. The molecule has 11 heteroatoms. The summed E-state index contributed by atoms with van der Waals surface area (Å²) in [6, 6.07) is 38.0. The second-order valence-electron chi connectivity index (χ2n) is 13.5. The lowest BCUT2D eigenvalue weighted by molar-refractivity contribution is -0.309. The molecule has 0 spiro atoms. The molecule has 0 aliphatic carbocycles. The zero-order chi connectivity index (χ0) is 39.7. The van der Waals surface area contributed by atoms with Gasteiger partial charge in [-0.2, -0.15) is 0 Å². The number of benzene rings is 5. The summed E-state index contributed by atoms with van der Waals surface area (Å²) in [4.78, 5) is 53.8. The molecular weight excluding hydrogens is 714 g/mol. The highest BCUT2D eigenvalue weighted by Gasteiger charge is 2.61. The van der Waals surface area contributed by atoms with E-state index in [4.69, 9.17) is 34.2 Å². The number of rotatable bonds is 13. The minimum Gasteiger partial charge on any atom is -0.460 e. The predicted octanol–water partition coefficient (Wildman–Crippen LogP) is 7.16. The smallest absolute Gasteiger partial charge is 0.338 e. The molecule has 1 fully saturated rings. The fraction of sp³-hybridized carbons (Fsp3) is 0.244. The lowest BCUT2D eigenvalue weighted by Crippen LogP contribution is -2.70. The quantitative estimate of drug-likeness (QED) is 0.0741. The molecule has 0 amide bonds. The second kappa shape index (κ2) is 17.8. The van der Waals surface area contributed by atoms with E-state index in [1.54, 1.807) is 103 Å². The molecule has 56 heavy (non-hydrogen) atoms. The number of aryl methyl sites for hydroxylation is 1. The number of nitrogens with two attached hydrogens (primary N) is 1. The van der Waals surface area contributed by atoms with Gasteiger partial charge in [0.1, 0.15) is 18.5 Å². The van der Waals surface area contributed by atoms with Gasteiger partial charge >= 0.3 is 23.9 Å². The molecule has 5 aromatic rings. The van der Waals surface area contributed by atoms with Crippen LogP contribution in [-0.4, -0.2) is 60.7 Å². The van der Waals surface area contributed by atoms with Crippen molar-refractivity contribution in [1.82, 2.24) is 0 Å². The van der Waals surface area contributed by atoms with Crippen molar-refractivity contribution in [2.24, 2.45) is 0 Å². The molecular formula is C45H43NO10. The topological polar surface area (TPSA) is 150 Å². The number of carbonyl (C=O) groups is 4. The Balaban J connectivity index is 1.44. The van der Waals surface area contributed by atoms with Crippen molar-refractivity contribution in [3.05, 3.63) is 167 Å². The highest BCUT2D eigenvalue weighted by atomic mass is 16.7. The summed E-state index contributed by atoms with van der Waals surface area (Å²) in [5, 5.41) is 0. The molecule has 0 aromatic heterocycles. The first kappa shape index (κ1) is 39.2. The minimum atomic E-state index is -1.91. The van der Waals surface area contributed by atoms with Crippen LogP contribution in [0.25, 0.3) is 0 Å². The summed E-state index contributed by atoms with van der Waals surface area (Å²) in [7, 11) is 0. The van der Waals surface area contributed by atoms with Gasteiger partial charge in [0, 0.05) is 25.1 Å². The molecule has 1 saturated heterocycles. The number of ether oxygens (including phenoxy) is 6. The second-order valence-corrected chi connectivity index (χ2v) is 13.5. The number of carbonyl (C=O) groups excluding carboxylic acids is 4. The SMILES string of the molecule is CCc1ccc(Cc2ccc(N)cc2O[C@H]2O[C@H](COC(=O)c3ccccc3)[C@@](C)(OC(C)=O)[C@H](OC(=O)c3ccccc3)[C@H]2OC(=O)c2ccccc2)cc1. The average molecular weight is 758 g/mol. The number of esters is 4. The Hall–Kier alpha value is -6.46. The van der Waals surface area contributed by atoms with Gasteiger partial charge in [0.15, 0.2) is 11.7 Å². The van der Waals surface area contributed by atoms with Gasteiger partial charge in [0.2, 0.25) is 12.4 Å². The third kappa shape index (κ3) is 9.42. The van der Waals surface area contributed by atoms with E-state index in [0.717, 1.165) is 17.5 Å². The summed E-state index contributed by atoms with van der Waals surface area (Å²) in [6.45, 7) is 4.24. The van der Waals surface area contributed by atoms with E-state index in [-0.39, 0.29) is 16.7 Å². The minimum absolute atomic E-state index is 0.175. The first-order valence-electron chi connectivity index (χ1n) is 18.3. The first-order valence-corrected chi connectivity index (χ1v) is 18.3. The van der Waals surface area contributed by atoms with Crippen LogP contribution in [0.1, 0.15) is 68.5 Å². The Labute approximate surface area is 325 Å². The van der Waals surface area contributed by atoms with E-state index in [2.05, 4.69) is 19.1 Å². The first-order chi connectivity index (χ1) is 27.0. The largest absolute Gasteiger partial charge is 0.460 e. The summed E-state index contributed by atoms with van der Waals surface area (Å²) < 4.78 is 37.2. The lowest BCUT2D eigenvalue weighted by Gasteiger charge is -2.50. The van der Waals surface area contributed by atoms with Gasteiger partial charge in [-0.05, 0) is 72.5 Å². The number of hydrogen-bond donors (Lipinski definition) is 1. The van der Waals surface area contributed by atoms with Crippen LogP contribution in [0.3, 0.4) is 0 Å². The highest BCUT2D eigenvalue weighted by Crippen LogP contribution is 2.40. The average Bonchev–Trinajstić information content (AvgIpc) is 3.21.